The zero-order valence-electron chi connectivity index (χ0n) is 9.53. The molecule has 0 saturated heterocycles. The van der Waals surface area contributed by atoms with Crippen LogP contribution in [-0.4, -0.2) is 15.0 Å². The highest BCUT2D eigenvalue weighted by Crippen LogP contribution is 2.30. The molecule has 0 aliphatic heterocycles. The molecule has 0 aliphatic carbocycles. The molecule has 0 amide bonds. The molecule has 0 bridgehead atoms. The highest BCUT2D eigenvalue weighted by molar-refractivity contribution is 8.13. The third-order valence-electron chi connectivity index (χ3n) is 2.18. The Hall–Kier alpha value is -0.740. The molecule has 90 valence electrons. The molecule has 16 heavy (non-hydrogen) atoms. The van der Waals surface area contributed by atoms with E-state index in [0.29, 0.717) is 12.4 Å². The maximum Gasteiger partial charge on any atom is 0.261 e. The van der Waals surface area contributed by atoms with Crippen LogP contribution in [0.15, 0.2) is 23.1 Å². The quantitative estimate of drug-likeness (QED) is 0.783. The van der Waals surface area contributed by atoms with E-state index >= 15 is 0 Å². The highest BCUT2D eigenvalue weighted by atomic mass is 35.7. The van der Waals surface area contributed by atoms with Crippen molar-refractivity contribution in [3.8, 4) is 5.75 Å². The Morgan fingerprint density at radius 1 is 1.38 bits per heavy atom. The Morgan fingerprint density at radius 2 is 2.00 bits per heavy atom. The van der Waals surface area contributed by atoms with Crippen LogP contribution in [-0.2, 0) is 9.05 Å². The van der Waals surface area contributed by atoms with Gasteiger partial charge in [0.05, 0.1) is 11.5 Å². The predicted octanol–water partition coefficient (Wildman–Crippen LogP) is 3.14. The molecule has 0 radical (unpaired) electrons. The van der Waals surface area contributed by atoms with Gasteiger partial charge in [-0.25, -0.2) is 8.42 Å². The molecule has 0 spiro atoms. The summed E-state index contributed by atoms with van der Waals surface area (Å²) in [6, 6.07) is 4.67. The van der Waals surface area contributed by atoms with Gasteiger partial charge in [-0.05, 0) is 36.6 Å². The van der Waals surface area contributed by atoms with Gasteiger partial charge in [0.2, 0.25) is 0 Å². The van der Waals surface area contributed by atoms with E-state index < -0.39 is 9.05 Å². The zero-order valence-corrected chi connectivity index (χ0v) is 11.1. The largest absolute Gasteiger partial charge is 0.494 e. The van der Waals surface area contributed by atoms with Crippen molar-refractivity contribution in [2.45, 2.75) is 31.6 Å². The molecule has 5 heteroatoms. The number of hydrogen-bond donors (Lipinski definition) is 0. The Morgan fingerprint density at radius 3 is 2.44 bits per heavy atom. The average molecular weight is 263 g/mol. The Labute approximate surface area is 101 Å². The molecular weight excluding hydrogens is 248 g/mol. The van der Waals surface area contributed by atoms with Crippen molar-refractivity contribution < 1.29 is 13.2 Å². The fourth-order valence-electron chi connectivity index (χ4n) is 1.42. The summed E-state index contributed by atoms with van der Waals surface area (Å²) in [5.74, 6) is 0.890. The lowest BCUT2D eigenvalue weighted by molar-refractivity contribution is 0.335. The summed E-state index contributed by atoms with van der Waals surface area (Å²) in [5.41, 5.74) is 0.851. The normalized spacial score (nSPS) is 11.8. The molecule has 0 aromatic heterocycles. The minimum atomic E-state index is -3.67. The van der Waals surface area contributed by atoms with E-state index in [1.165, 1.54) is 6.07 Å². The van der Waals surface area contributed by atoms with E-state index in [9.17, 15) is 8.42 Å². The van der Waals surface area contributed by atoms with Crippen LogP contribution in [0.3, 0.4) is 0 Å². The van der Waals surface area contributed by atoms with Gasteiger partial charge in [-0.3, -0.25) is 0 Å². The summed E-state index contributed by atoms with van der Waals surface area (Å²) in [6.07, 6.45) is 0. The van der Waals surface area contributed by atoms with Crippen molar-refractivity contribution >= 4 is 19.7 Å². The molecule has 1 aromatic rings. The molecule has 0 fully saturated rings. The number of hydrogen-bond acceptors (Lipinski definition) is 3. The number of rotatable bonds is 4. The number of halogens is 1. The Balaban J connectivity index is 3.28. The smallest absolute Gasteiger partial charge is 0.261 e. The van der Waals surface area contributed by atoms with Crippen molar-refractivity contribution in [2.24, 2.45) is 0 Å². The van der Waals surface area contributed by atoms with E-state index in [4.69, 9.17) is 15.4 Å². The van der Waals surface area contributed by atoms with Crippen molar-refractivity contribution in [1.82, 2.24) is 0 Å². The van der Waals surface area contributed by atoms with Gasteiger partial charge in [-0.15, -0.1) is 0 Å². The summed E-state index contributed by atoms with van der Waals surface area (Å²) < 4.78 is 27.8. The Bertz CT molecular complexity index is 466. The van der Waals surface area contributed by atoms with Crippen LogP contribution in [0.4, 0.5) is 0 Å². The fourth-order valence-corrected chi connectivity index (χ4v) is 2.20. The summed E-state index contributed by atoms with van der Waals surface area (Å²) in [5, 5.41) is 0. The van der Waals surface area contributed by atoms with Gasteiger partial charge in [0.25, 0.3) is 9.05 Å². The van der Waals surface area contributed by atoms with Gasteiger partial charge in [0.1, 0.15) is 5.75 Å². The van der Waals surface area contributed by atoms with Crippen LogP contribution in [0.25, 0.3) is 0 Å². The summed E-state index contributed by atoms with van der Waals surface area (Å²) in [4.78, 5) is 0.112. The van der Waals surface area contributed by atoms with Crippen molar-refractivity contribution in [1.29, 1.82) is 0 Å². The van der Waals surface area contributed by atoms with E-state index in [-0.39, 0.29) is 10.8 Å². The molecule has 0 aliphatic rings. The van der Waals surface area contributed by atoms with Gasteiger partial charge >= 0.3 is 0 Å². The second kappa shape index (κ2) is 5.06. The SMILES string of the molecule is CCOc1ccc(S(=O)(=O)Cl)cc1C(C)C. The van der Waals surface area contributed by atoms with Crippen LogP contribution < -0.4 is 4.74 Å². The van der Waals surface area contributed by atoms with Gasteiger partial charge in [-0.2, -0.15) is 0 Å². The van der Waals surface area contributed by atoms with E-state index in [1.54, 1.807) is 12.1 Å². The fraction of sp³-hybridized carbons (Fsp3) is 0.455. The van der Waals surface area contributed by atoms with Gasteiger partial charge in [-0.1, -0.05) is 13.8 Å². The van der Waals surface area contributed by atoms with Crippen LogP contribution in [0, 0.1) is 0 Å². The molecule has 0 N–H and O–H groups in total. The maximum atomic E-state index is 11.2. The van der Waals surface area contributed by atoms with Crippen LogP contribution in [0.1, 0.15) is 32.3 Å². The predicted molar refractivity (Wildman–Crippen MR) is 64.7 cm³/mol. The van der Waals surface area contributed by atoms with E-state index in [2.05, 4.69) is 0 Å². The first-order chi connectivity index (χ1) is 7.36. The van der Waals surface area contributed by atoms with E-state index in [1.807, 2.05) is 20.8 Å². The number of ether oxygens (including phenoxy) is 1. The minimum absolute atomic E-state index is 0.112. The highest BCUT2D eigenvalue weighted by Gasteiger charge is 2.15. The van der Waals surface area contributed by atoms with Crippen LogP contribution >= 0.6 is 10.7 Å². The van der Waals surface area contributed by atoms with Crippen molar-refractivity contribution in [2.75, 3.05) is 6.61 Å². The lowest BCUT2D eigenvalue weighted by Gasteiger charge is -2.13. The zero-order chi connectivity index (χ0) is 12.3. The molecule has 1 aromatic carbocycles. The van der Waals surface area contributed by atoms with E-state index in [0.717, 1.165) is 5.56 Å². The monoisotopic (exact) mass is 262 g/mol. The lowest BCUT2D eigenvalue weighted by Crippen LogP contribution is -2.00. The van der Waals surface area contributed by atoms with Gasteiger partial charge < -0.3 is 4.74 Å². The lowest BCUT2D eigenvalue weighted by atomic mass is 10.0. The molecule has 0 unspecified atom stereocenters. The molecular formula is C11H15ClO3S. The first kappa shape index (κ1) is 13.3. The number of benzene rings is 1. The molecule has 0 atom stereocenters. The topological polar surface area (TPSA) is 43.4 Å². The second-order valence-corrected chi connectivity index (χ2v) is 6.29. The van der Waals surface area contributed by atoms with Crippen molar-refractivity contribution in [3.63, 3.8) is 0 Å². The van der Waals surface area contributed by atoms with Crippen LogP contribution in [0.5, 0.6) is 5.75 Å². The first-order valence-electron chi connectivity index (χ1n) is 5.07. The third-order valence-corrected chi connectivity index (χ3v) is 3.54. The van der Waals surface area contributed by atoms with Gasteiger partial charge in [0.15, 0.2) is 0 Å². The molecule has 1 rings (SSSR count). The minimum Gasteiger partial charge on any atom is -0.494 e. The van der Waals surface area contributed by atoms with Crippen LogP contribution in [0.2, 0.25) is 0 Å². The standard InChI is InChI=1S/C11H15ClO3S/c1-4-15-11-6-5-9(16(12,13)14)7-10(11)8(2)3/h5-8H,4H2,1-3H3. The van der Waals surface area contributed by atoms with Crippen molar-refractivity contribution in [3.05, 3.63) is 23.8 Å². The summed E-state index contributed by atoms with van der Waals surface area (Å²) >= 11 is 0. The summed E-state index contributed by atoms with van der Waals surface area (Å²) in [6.45, 7) is 6.38. The average Bonchev–Trinajstić information content (AvgIpc) is 2.16. The first-order valence-corrected chi connectivity index (χ1v) is 7.38. The molecule has 3 nitrogen and oxygen atoms in total. The second-order valence-electron chi connectivity index (χ2n) is 3.73. The molecule has 0 heterocycles. The maximum absolute atomic E-state index is 11.2. The summed E-state index contributed by atoms with van der Waals surface area (Å²) in [7, 11) is 1.62. The molecule has 0 saturated carbocycles. The third kappa shape index (κ3) is 3.12. The Kier molecular flexibility index (Phi) is 4.21. The van der Waals surface area contributed by atoms with Gasteiger partial charge in [0, 0.05) is 10.7 Å².